The second-order valence-electron chi connectivity index (χ2n) is 10.1. The van der Waals surface area contributed by atoms with Gasteiger partial charge in [-0.05, 0) is 11.1 Å². The molecule has 0 bridgehead atoms. The minimum Gasteiger partial charge on any atom is -0.381 e. The van der Waals surface area contributed by atoms with Gasteiger partial charge in [0.25, 0.3) is 0 Å². The van der Waals surface area contributed by atoms with Crippen molar-refractivity contribution in [1.29, 1.82) is 0 Å². The number of hydrogen-bond acceptors (Lipinski definition) is 10. The zero-order valence-electron chi connectivity index (χ0n) is 22.0. The Kier molecular flexibility index (Phi) is 12.2. The molecule has 10 heteroatoms. The summed E-state index contributed by atoms with van der Waals surface area (Å²) in [6, 6.07) is 20.8. The van der Waals surface area contributed by atoms with Gasteiger partial charge in [-0.2, -0.15) is 0 Å². The van der Waals surface area contributed by atoms with E-state index in [0.717, 1.165) is 87.0 Å². The van der Waals surface area contributed by atoms with E-state index < -0.39 is 23.3 Å². The molecule has 38 heavy (non-hydrogen) atoms. The highest BCUT2D eigenvalue weighted by molar-refractivity contribution is 8.77. The standard InChI is InChI=1S/C28H42N4O4S2/c33-25(31-15-11-29(12-16-31)21-23-7-3-1-4-8-23)19-27(35)37-38-28(36)20-26(34)32-17-13-30(14-18-32)22-24-9-5-2-6-10-24/h1-10,25-28,33-36H,11-22H2. The summed E-state index contributed by atoms with van der Waals surface area (Å²) < 4.78 is 0. The number of nitrogens with zero attached hydrogens (tertiary/aromatic N) is 4. The number of rotatable bonds is 13. The number of piperazine rings is 2. The first-order valence-electron chi connectivity index (χ1n) is 13.5. The van der Waals surface area contributed by atoms with Crippen molar-refractivity contribution >= 4 is 21.6 Å². The van der Waals surface area contributed by atoms with Gasteiger partial charge in [-0.15, -0.1) is 0 Å². The van der Waals surface area contributed by atoms with Crippen LogP contribution in [0.5, 0.6) is 0 Å². The van der Waals surface area contributed by atoms with Crippen molar-refractivity contribution < 1.29 is 20.4 Å². The second-order valence-corrected chi connectivity index (χ2v) is 12.8. The van der Waals surface area contributed by atoms with E-state index in [1.54, 1.807) is 0 Å². The molecule has 4 atom stereocenters. The highest BCUT2D eigenvalue weighted by atomic mass is 33.1. The predicted octanol–water partition coefficient (Wildman–Crippen LogP) is 2.06. The Bertz CT molecular complexity index is 840. The molecular weight excluding hydrogens is 520 g/mol. The van der Waals surface area contributed by atoms with Crippen LogP contribution in [0.15, 0.2) is 60.7 Å². The van der Waals surface area contributed by atoms with Gasteiger partial charge in [0.1, 0.15) is 23.3 Å². The van der Waals surface area contributed by atoms with Crippen molar-refractivity contribution in [3.05, 3.63) is 71.8 Å². The molecule has 8 nitrogen and oxygen atoms in total. The summed E-state index contributed by atoms with van der Waals surface area (Å²) in [6.07, 6.45) is -0.997. The fraction of sp³-hybridized carbons (Fsp3) is 0.571. The van der Waals surface area contributed by atoms with Gasteiger partial charge < -0.3 is 20.4 Å². The van der Waals surface area contributed by atoms with Gasteiger partial charge in [-0.3, -0.25) is 19.6 Å². The SMILES string of the molecule is OC(CC(O)N1CCN(Cc2ccccc2)CC1)SSC(O)CC(O)N1CCN(Cc2ccccc2)CC1. The smallest absolute Gasteiger partial charge is 0.113 e. The van der Waals surface area contributed by atoms with Crippen molar-refractivity contribution in [1.82, 2.24) is 19.6 Å². The average molecular weight is 563 g/mol. The van der Waals surface area contributed by atoms with Crippen LogP contribution in [0.4, 0.5) is 0 Å². The molecule has 0 saturated carbocycles. The maximum atomic E-state index is 10.6. The second kappa shape index (κ2) is 15.6. The Hall–Kier alpha value is -1.18. The summed E-state index contributed by atoms with van der Waals surface area (Å²) >= 11 is 0. The summed E-state index contributed by atoms with van der Waals surface area (Å²) in [5, 5.41) is 42.1. The molecule has 2 aliphatic heterocycles. The Morgan fingerprint density at radius 2 is 0.868 bits per heavy atom. The largest absolute Gasteiger partial charge is 0.381 e. The lowest BCUT2D eigenvalue weighted by molar-refractivity contribution is -0.0424. The molecule has 0 aliphatic carbocycles. The van der Waals surface area contributed by atoms with E-state index in [1.165, 1.54) is 11.1 Å². The first-order chi connectivity index (χ1) is 18.5. The third kappa shape index (κ3) is 9.78. The molecule has 0 amide bonds. The minimum atomic E-state index is -0.800. The first kappa shape index (κ1) is 29.8. The van der Waals surface area contributed by atoms with Gasteiger partial charge in [0, 0.05) is 78.3 Å². The third-order valence-electron chi connectivity index (χ3n) is 7.26. The maximum Gasteiger partial charge on any atom is 0.113 e. The fourth-order valence-corrected chi connectivity index (χ4v) is 6.99. The molecule has 2 saturated heterocycles. The average Bonchev–Trinajstić information content (AvgIpc) is 2.94. The Labute approximate surface area is 234 Å². The molecule has 0 spiro atoms. The summed E-state index contributed by atoms with van der Waals surface area (Å²) in [5.74, 6) is 0. The molecule has 2 fully saturated rings. The third-order valence-corrected chi connectivity index (χ3v) is 9.86. The van der Waals surface area contributed by atoms with E-state index in [1.807, 2.05) is 21.9 Å². The highest BCUT2D eigenvalue weighted by Crippen LogP contribution is 2.33. The van der Waals surface area contributed by atoms with Crippen LogP contribution in [-0.2, 0) is 13.1 Å². The van der Waals surface area contributed by atoms with Crippen LogP contribution in [0.3, 0.4) is 0 Å². The molecule has 2 aromatic carbocycles. The van der Waals surface area contributed by atoms with Crippen molar-refractivity contribution in [2.75, 3.05) is 52.4 Å². The van der Waals surface area contributed by atoms with E-state index in [-0.39, 0.29) is 12.8 Å². The van der Waals surface area contributed by atoms with Crippen LogP contribution >= 0.6 is 21.6 Å². The highest BCUT2D eigenvalue weighted by Gasteiger charge is 2.27. The molecule has 4 unspecified atom stereocenters. The minimum absolute atomic E-state index is 0.217. The molecule has 2 heterocycles. The van der Waals surface area contributed by atoms with Gasteiger partial charge >= 0.3 is 0 Å². The number of aliphatic hydroxyl groups excluding tert-OH is 4. The van der Waals surface area contributed by atoms with Crippen LogP contribution in [-0.4, -0.2) is 116 Å². The number of aliphatic hydroxyl groups is 4. The van der Waals surface area contributed by atoms with Crippen molar-refractivity contribution in [2.45, 2.75) is 49.3 Å². The molecule has 4 rings (SSSR count). The molecular formula is C28H42N4O4S2. The number of hydrogen-bond donors (Lipinski definition) is 4. The van der Waals surface area contributed by atoms with E-state index in [9.17, 15) is 20.4 Å². The Morgan fingerprint density at radius 1 is 0.526 bits per heavy atom. The van der Waals surface area contributed by atoms with Gasteiger partial charge in [0.15, 0.2) is 0 Å². The predicted molar refractivity (Wildman–Crippen MR) is 155 cm³/mol. The van der Waals surface area contributed by atoms with Gasteiger partial charge in [-0.1, -0.05) is 82.3 Å². The van der Waals surface area contributed by atoms with Crippen molar-refractivity contribution in [3.8, 4) is 0 Å². The molecule has 4 N–H and O–H groups in total. The summed E-state index contributed by atoms with van der Waals surface area (Å²) in [4.78, 5) is 8.77. The van der Waals surface area contributed by atoms with Crippen LogP contribution < -0.4 is 0 Å². The quantitative estimate of drug-likeness (QED) is 0.215. The van der Waals surface area contributed by atoms with E-state index in [0.29, 0.717) is 0 Å². The van der Waals surface area contributed by atoms with Gasteiger partial charge in [-0.25, -0.2) is 0 Å². The Morgan fingerprint density at radius 3 is 1.21 bits per heavy atom. The van der Waals surface area contributed by atoms with Gasteiger partial charge in [0.05, 0.1) is 0 Å². The first-order valence-corrected chi connectivity index (χ1v) is 15.8. The van der Waals surface area contributed by atoms with Crippen LogP contribution in [0.1, 0.15) is 24.0 Å². The van der Waals surface area contributed by atoms with E-state index in [2.05, 4.69) is 58.3 Å². The summed E-state index contributed by atoms with van der Waals surface area (Å²) in [6.45, 7) is 8.35. The summed E-state index contributed by atoms with van der Waals surface area (Å²) in [7, 11) is 2.31. The topological polar surface area (TPSA) is 93.9 Å². The lowest BCUT2D eigenvalue weighted by atomic mass is 10.2. The molecule has 2 aliphatic rings. The molecule has 2 aromatic rings. The number of benzene rings is 2. The zero-order chi connectivity index (χ0) is 26.7. The molecule has 0 aromatic heterocycles. The monoisotopic (exact) mass is 562 g/mol. The van der Waals surface area contributed by atoms with Gasteiger partial charge in [0.2, 0.25) is 0 Å². The summed E-state index contributed by atoms with van der Waals surface area (Å²) in [5.41, 5.74) is 0.982. The van der Waals surface area contributed by atoms with Crippen LogP contribution in [0, 0.1) is 0 Å². The van der Waals surface area contributed by atoms with E-state index in [4.69, 9.17) is 0 Å². The lowest BCUT2D eigenvalue weighted by Gasteiger charge is -2.38. The van der Waals surface area contributed by atoms with Crippen LogP contribution in [0.2, 0.25) is 0 Å². The molecule has 0 radical (unpaired) electrons. The Balaban J connectivity index is 1.08. The van der Waals surface area contributed by atoms with Crippen molar-refractivity contribution in [3.63, 3.8) is 0 Å². The maximum absolute atomic E-state index is 10.6. The van der Waals surface area contributed by atoms with Crippen LogP contribution in [0.25, 0.3) is 0 Å². The zero-order valence-corrected chi connectivity index (χ0v) is 23.6. The van der Waals surface area contributed by atoms with Crippen molar-refractivity contribution in [2.24, 2.45) is 0 Å². The van der Waals surface area contributed by atoms with E-state index >= 15 is 0 Å². The molecule has 210 valence electrons. The normalized spacial score (nSPS) is 21.7. The fourth-order valence-electron chi connectivity index (χ4n) is 4.99. The lowest BCUT2D eigenvalue weighted by Crippen LogP contribution is -2.50.